The molecule has 0 saturated carbocycles. The minimum absolute atomic E-state index is 0.157. The summed E-state index contributed by atoms with van der Waals surface area (Å²) in [5.41, 5.74) is 2.10. The van der Waals surface area contributed by atoms with Crippen molar-refractivity contribution in [2.75, 3.05) is 18.2 Å². The summed E-state index contributed by atoms with van der Waals surface area (Å²) in [4.78, 5) is 24.8. The predicted octanol–water partition coefficient (Wildman–Crippen LogP) is 4.01. The number of aromatic nitrogens is 3. The SMILES string of the molecule is COc1ccc(C(=O)N[C@H](C)c2nnc(SCC(=O)Nc3ccc(C)c(Cl)c3)n2C)cc1. The molecule has 2 aromatic carbocycles. The fourth-order valence-electron chi connectivity index (χ4n) is 2.91. The van der Waals surface area contributed by atoms with E-state index in [0.29, 0.717) is 33.0 Å². The normalized spacial score (nSPS) is 11.7. The Balaban J connectivity index is 1.57. The van der Waals surface area contributed by atoms with Crippen molar-refractivity contribution in [1.29, 1.82) is 0 Å². The highest BCUT2D eigenvalue weighted by atomic mass is 35.5. The third-order valence-electron chi connectivity index (χ3n) is 4.74. The minimum atomic E-state index is -0.375. The lowest BCUT2D eigenvalue weighted by molar-refractivity contribution is -0.113. The van der Waals surface area contributed by atoms with Gasteiger partial charge in [-0.05, 0) is 55.8 Å². The number of carbonyl (C=O) groups is 2. The van der Waals surface area contributed by atoms with Gasteiger partial charge in [0.15, 0.2) is 11.0 Å². The van der Waals surface area contributed by atoms with Crippen LogP contribution >= 0.6 is 23.4 Å². The van der Waals surface area contributed by atoms with Crippen LogP contribution in [0, 0.1) is 6.92 Å². The largest absolute Gasteiger partial charge is 0.497 e. The molecule has 0 spiro atoms. The summed E-state index contributed by atoms with van der Waals surface area (Å²) in [5, 5.41) is 15.2. The van der Waals surface area contributed by atoms with E-state index in [9.17, 15) is 9.59 Å². The average molecular weight is 474 g/mol. The van der Waals surface area contributed by atoms with Gasteiger partial charge in [0, 0.05) is 23.3 Å². The van der Waals surface area contributed by atoms with Crippen LogP contribution in [0.15, 0.2) is 47.6 Å². The van der Waals surface area contributed by atoms with E-state index in [4.69, 9.17) is 16.3 Å². The van der Waals surface area contributed by atoms with Crippen molar-refractivity contribution >= 4 is 40.9 Å². The number of aryl methyl sites for hydroxylation is 1. The molecule has 0 saturated heterocycles. The van der Waals surface area contributed by atoms with Crippen LogP contribution in [0.1, 0.15) is 34.7 Å². The molecule has 8 nitrogen and oxygen atoms in total. The number of anilines is 1. The number of thioether (sulfide) groups is 1. The molecule has 1 atom stereocenters. The molecule has 2 N–H and O–H groups in total. The van der Waals surface area contributed by atoms with E-state index in [1.54, 1.807) is 55.1 Å². The molecule has 32 heavy (non-hydrogen) atoms. The first-order chi connectivity index (χ1) is 15.3. The molecular formula is C22H24ClN5O3S. The molecule has 0 aliphatic rings. The quantitative estimate of drug-likeness (QED) is 0.480. The average Bonchev–Trinajstić information content (AvgIpc) is 3.15. The summed E-state index contributed by atoms with van der Waals surface area (Å²) in [6.45, 7) is 3.73. The van der Waals surface area contributed by atoms with Crippen molar-refractivity contribution in [2.24, 2.45) is 7.05 Å². The number of benzene rings is 2. The second kappa shape index (κ2) is 10.5. The Morgan fingerprint density at radius 3 is 2.56 bits per heavy atom. The standard InChI is InChI=1S/C22H24ClN5O3S/c1-13-5-8-16(11-18(13)23)25-19(29)12-32-22-27-26-20(28(22)3)14(2)24-21(30)15-6-9-17(31-4)10-7-15/h5-11,14H,12H2,1-4H3,(H,24,30)(H,25,29)/t14-/m1/s1. The van der Waals surface area contributed by atoms with Crippen LogP contribution in [0.25, 0.3) is 0 Å². The number of nitrogens with zero attached hydrogens (tertiary/aromatic N) is 3. The number of ether oxygens (including phenoxy) is 1. The molecule has 0 aliphatic heterocycles. The van der Waals surface area contributed by atoms with Crippen molar-refractivity contribution in [2.45, 2.75) is 25.0 Å². The molecule has 0 unspecified atom stereocenters. The lowest BCUT2D eigenvalue weighted by Gasteiger charge is -2.14. The second-order valence-electron chi connectivity index (χ2n) is 7.12. The molecule has 0 aliphatic carbocycles. The van der Waals surface area contributed by atoms with Crippen LogP contribution < -0.4 is 15.4 Å². The van der Waals surface area contributed by atoms with E-state index in [1.165, 1.54) is 11.8 Å². The lowest BCUT2D eigenvalue weighted by atomic mass is 10.2. The van der Waals surface area contributed by atoms with E-state index in [-0.39, 0.29) is 23.6 Å². The van der Waals surface area contributed by atoms with Gasteiger partial charge in [-0.3, -0.25) is 9.59 Å². The van der Waals surface area contributed by atoms with E-state index in [2.05, 4.69) is 20.8 Å². The zero-order valence-electron chi connectivity index (χ0n) is 18.2. The summed E-state index contributed by atoms with van der Waals surface area (Å²) in [5.74, 6) is 1.01. The number of hydrogen-bond acceptors (Lipinski definition) is 6. The second-order valence-corrected chi connectivity index (χ2v) is 8.47. The zero-order chi connectivity index (χ0) is 23.3. The van der Waals surface area contributed by atoms with E-state index in [1.807, 2.05) is 19.9 Å². The fraction of sp³-hybridized carbons (Fsp3) is 0.273. The summed E-state index contributed by atoms with van der Waals surface area (Å²) < 4.78 is 6.87. The number of rotatable bonds is 8. The van der Waals surface area contributed by atoms with Crippen LogP contribution in [0.4, 0.5) is 5.69 Å². The highest BCUT2D eigenvalue weighted by Crippen LogP contribution is 2.22. The summed E-state index contributed by atoms with van der Waals surface area (Å²) in [7, 11) is 3.37. The van der Waals surface area contributed by atoms with Crippen molar-refractivity contribution in [3.05, 3.63) is 64.4 Å². The first-order valence-electron chi connectivity index (χ1n) is 9.81. The van der Waals surface area contributed by atoms with Gasteiger partial charge < -0.3 is 19.9 Å². The zero-order valence-corrected chi connectivity index (χ0v) is 19.8. The smallest absolute Gasteiger partial charge is 0.251 e. The Hall–Kier alpha value is -3.04. The van der Waals surface area contributed by atoms with Gasteiger partial charge >= 0.3 is 0 Å². The number of hydrogen-bond donors (Lipinski definition) is 2. The maximum Gasteiger partial charge on any atom is 0.251 e. The first-order valence-corrected chi connectivity index (χ1v) is 11.2. The van der Waals surface area contributed by atoms with E-state index >= 15 is 0 Å². The molecule has 0 bridgehead atoms. The van der Waals surface area contributed by atoms with Gasteiger partial charge in [0.1, 0.15) is 5.75 Å². The van der Waals surface area contributed by atoms with Crippen molar-refractivity contribution in [1.82, 2.24) is 20.1 Å². The van der Waals surface area contributed by atoms with Gasteiger partial charge in [0.05, 0.1) is 18.9 Å². The van der Waals surface area contributed by atoms with Gasteiger partial charge in [-0.25, -0.2) is 0 Å². The maximum absolute atomic E-state index is 12.5. The van der Waals surface area contributed by atoms with Gasteiger partial charge in [0.2, 0.25) is 5.91 Å². The summed E-state index contributed by atoms with van der Waals surface area (Å²) in [6.07, 6.45) is 0. The van der Waals surface area contributed by atoms with E-state index in [0.717, 1.165) is 5.56 Å². The van der Waals surface area contributed by atoms with Gasteiger partial charge in [-0.15, -0.1) is 10.2 Å². The van der Waals surface area contributed by atoms with Gasteiger partial charge in [-0.2, -0.15) is 0 Å². The molecule has 0 fully saturated rings. The number of halogens is 1. The van der Waals surface area contributed by atoms with Crippen molar-refractivity contribution in [3.8, 4) is 5.75 Å². The Kier molecular flexibility index (Phi) is 7.76. The van der Waals surface area contributed by atoms with Crippen LogP contribution in [0.2, 0.25) is 5.02 Å². The van der Waals surface area contributed by atoms with Crippen LogP contribution in [0.5, 0.6) is 5.75 Å². The highest BCUT2D eigenvalue weighted by Gasteiger charge is 2.19. The van der Waals surface area contributed by atoms with Crippen LogP contribution in [-0.2, 0) is 11.8 Å². The molecule has 168 valence electrons. The number of amides is 2. The number of nitrogens with one attached hydrogen (secondary N) is 2. The molecule has 2 amide bonds. The molecule has 3 aromatic rings. The topological polar surface area (TPSA) is 98.1 Å². The van der Waals surface area contributed by atoms with Crippen LogP contribution in [-0.4, -0.2) is 39.4 Å². The monoisotopic (exact) mass is 473 g/mol. The Bertz CT molecular complexity index is 1120. The predicted molar refractivity (Wildman–Crippen MR) is 125 cm³/mol. The van der Waals surface area contributed by atoms with Gasteiger partial charge in [-0.1, -0.05) is 29.4 Å². The fourth-order valence-corrected chi connectivity index (χ4v) is 3.81. The minimum Gasteiger partial charge on any atom is -0.497 e. The van der Waals surface area contributed by atoms with Gasteiger partial charge in [0.25, 0.3) is 5.91 Å². The first kappa shape index (κ1) is 23.6. The molecule has 10 heteroatoms. The molecule has 1 aromatic heterocycles. The van der Waals surface area contributed by atoms with Crippen molar-refractivity contribution < 1.29 is 14.3 Å². The number of methoxy groups -OCH3 is 1. The molecule has 3 rings (SSSR count). The molecular weight excluding hydrogens is 450 g/mol. The number of carbonyl (C=O) groups excluding carboxylic acids is 2. The Labute approximate surface area is 195 Å². The summed E-state index contributed by atoms with van der Waals surface area (Å²) >= 11 is 7.36. The van der Waals surface area contributed by atoms with Crippen LogP contribution in [0.3, 0.4) is 0 Å². The Morgan fingerprint density at radius 1 is 1.19 bits per heavy atom. The van der Waals surface area contributed by atoms with Crippen molar-refractivity contribution in [3.63, 3.8) is 0 Å². The lowest BCUT2D eigenvalue weighted by Crippen LogP contribution is -2.28. The molecule has 0 radical (unpaired) electrons. The maximum atomic E-state index is 12.5. The third-order valence-corrected chi connectivity index (χ3v) is 6.17. The summed E-state index contributed by atoms with van der Waals surface area (Å²) in [6, 6.07) is 11.8. The Morgan fingerprint density at radius 2 is 1.91 bits per heavy atom. The highest BCUT2D eigenvalue weighted by molar-refractivity contribution is 7.99. The van der Waals surface area contributed by atoms with E-state index < -0.39 is 0 Å². The molecule has 1 heterocycles. The third kappa shape index (κ3) is 5.80.